The predicted octanol–water partition coefficient (Wildman–Crippen LogP) is 1.62. The smallest absolute Gasteiger partial charge is 0.0431 e. The van der Waals surface area contributed by atoms with Crippen LogP contribution in [-0.2, 0) is 0 Å². The molecule has 0 atom stereocenters. The van der Waals surface area contributed by atoms with Crippen LogP contribution in [0, 0.1) is 5.92 Å². The number of piperidine rings is 1. The maximum atomic E-state index is 8.61. The van der Waals surface area contributed by atoms with Crippen molar-refractivity contribution >= 4 is 11.8 Å². The summed E-state index contributed by atoms with van der Waals surface area (Å²) in [5.74, 6) is 0.803. The van der Waals surface area contributed by atoms with E-state index < -0.39 is 0 Å². The topological polar surface area (TPSA) is 23.5 Å². The lowest BCUT2D eigenvalue weighted by Gasteiger charge is -2.26. The lowest BCUT2D eigenvalue weighted by molar-refractivity contribution is 0.233. The second kappa shape index (κ2) is 4.96. The summed E-state index contributed by atoms with van der Waals surface area (Å²) in [6.45, 7) is 2.36. The van der Waals surface area contributed by atoms with Crippen molar-refractivity contribution in [1.82, 2.24) is 4.42 Å². The third kappa shape index (κ3) is 3.41. The molecular formula is C8H16ClNO. The minimum atomic E-state index is 0.334. The van der Waals surface area contributed by atoms with Crippen LogP contribution in [0.25, 0.3) is 0 Å². The molecule has 0 unspecified atom stereocenters. The molecule has 0 bridgehead atoms. The molecule has 11 heavy (non-hydrogen) atoms. The van der Waals surface area contributed by atoms with E-state index in [0.717, 1.165) is 25.4 Å². The van der Waals surface area contributed by atoms with Crippen LogP contribution in [0.2, 0.25) is 0 Å². The van der Waals surface area contributed by atoms with Gasteiger partial charge in [-0.1, -0.05) is 0 Å². The van der Waals surface area contributed by atoms with Crippen molar-refractivity contribution in [2.24, 2.45) is 5.92 Å². The Kier molecular flexibility index (Phi) is 4.20. The van der Waals surface area contributed by atoms with Crippen molar-refractivity contribution in [2.45, 2.75) is 25.7 Å². The van der Waals surface area contributed by atoms with Crippen LogP contribution < -0.4 is 0 Å². The van der Waals surface area contributed by atoms with Crippen LogP contribution in [0.5, 0.6) is 0 Å². The average molecular weight is 178 g/mol. The number of rotatable bonds is 3. The van der Waals surface area contributed by atoms with Crippen LogP contribution in [0.3, 0.4) is 0 Å². The van der Waals surface area contributed by atoms with Gasteiger partial charge in [-0.05, 0) is 43.4 Å². The monoisotopic (exact) mass is 177 g/mol. The second-order valence-corrected chi connectivity index (χ2v) is 3.70. The van der Waals surface area contributed by atoms with Gasteiger partial charge >= 0.3 is 0 Å². The van der Waals surface area contributed by atoms with Gasteiger partial charge in [-0.3, -0.25) is 0 Å². The standard InChI is InChI=1S/C8H16ClNO/c9-10-5-3-8(4-6-10)2-1-7-11/h8,11H,1-7H2. The number of hydrogen-bond donors (Lipinski definition) is 1. The fourth-order valence-corrected chi connectivity index (χ4v) is 1.77. The minimum Gasteiger partial charge on any atom is -0.396 e. The van der Waals surface area contributed by atoms with Gasteiger partial charge in [0.2, 0.25) is 0 Å². The maximum Gasteiger partial charge on any atom is 0.0431 e. The van der Waals surface area contributed by atoms with E-state index in [0.29, 0.717) is 6.61 Å². The number of hydrogen-bond acceptors (Lipinski definition) is 2. The average Bonchev–Trinajstić information content (AvgIpc) is 2.04. The number of halogens is 1. The van der Waals surface area contributed by atoms with E-state index >= 15 is 0 Å². The molecule has 0 saturated carbocycles. The molecule has 1 aliphatic heterocycles. The Morgan fingerprint density at radius 3 is 2.55 bits per heavy atom. The van der Waals surface area contributed by atoms with Gasteiger partial charge in [0.1, 0.15) is 0 Å². The Labute approximate surface area is 73.3 Å². The van der Waals surface area contributed by atoms with Crippen molar-refractivity contribution < 1.29 is 5.11 Å². The van der Waals surface area contributed by atoms with E-state index in [1.54, 1.807) is 0 Å². The van der Waals surface area contributed by atoms with E-state index in [2.05, 4.69) is 0 Å². The fraction of sp³-hybridized carbons (Fsp3) is 1.00. The molecule has 0 aromatic carbocycles. The Balaban J connectivity index is 2.07. The molecule has 1 aliphatic rings. The Hall–Kier alpha value is 0.210. The van der Waals surface area contributed by atoms with Gasteiger partial charge in [0.15, 0.2) is 0 Å². The maximum absolute atomic E-state index is 8.61. The van der Waals surface area contributed by atoms with Crippen molar-refractivity contribution in [3.63, 3.8) is 0 Å². The van der Waals surface area contributed by atoms with Gasteiger partial charge in [-0.15, -0.1) is 0 Å². The van der Waals surface area contributed by atoms with Crippen LogP contribution in [0.15, 0.2) is 0 Å². The molecule has 1 heterocycles. The largest absolute Gasteiger partial charge is 0.396 e. The summed E-state index contributed by atoms with van der Waals surface area (Å²) in [5.41, 5.74) is 0. The highest BCUT2D eigenvalue weighted by Crippen LogP contribution is 2.22. The summed E-state index contributed by atoms with van der Waals surface area (Å²) in [6.07, 6.45) is 4.52. The lowest BCUT2D eigenvalue weighted by Crippen LogP contribution is -2.26. The molecule has 0 aromatic rings. The first-order chi connectivity index (χ1) is 5.33. The molecule has 1 fully saturated rings. The Bertz CT molecular complexity index is 99.5. The summed E-state index contributed by atoms with van der Waals surface area (Å²) >= 11 is 5.80. The highest BCUT2D eigenvalue weighted by Gasteiger charge is 2.16. The summed E-state index contributed by atoms with van der Waals surface area (Å²) < 4.78 is 1.86. The molecule has 66 valence electrons. The molecule has 3 heteroatoms. The zero-order valence-corrected chi connectivity index (χ0v) is 7.56. The predicted molar refractivity (Wildman–Crippen MR) is 46.5 cm³/mol. The van der Waals surface area contributed by atoms with Crippen molar-refractivity contribution in [2.75, 3.05) is 19.7 Å². The third-order valence-electron chi connectivity index (χ3n) is 2.33. The summed E-state index contributed by atoms with van der Waals surface area (Å²) in [6, 6.07) is 0. The molecule has 0 aromatic heterocycles. The second-order valence-electron chi connectivity index (χ2n) is 3.22. The first kappa shape index (κ1) is 9.30. The summed E-state index contributed by atoms with van der Waals surface area (Å²) in [5, 5.41) is 8.61. The molecule has 0 aliphatic carbocycles. The van der Waals surface area contributed by atoms with Gasteiger partial charge in [0, 0.05) is 19.7 Å². The van der Waals surface area contributed by atoms with E-state index in [1.807, 2.05) is 4.42 Å². The number of aliphatic hydroxyl groups is 1. The highest BCUT2D eigenvalue weighted by molar-refractivity contribution is 6.13. The van der Waals surface area contributed by atoms with Gasteiger partial charge < -0.3 is 5.11 Å². The zero-order valence-electron chi connectivity index (χ0n) is 6.80. The fourth-order valence-electron chi connectivity index (χ4n) is 1.57. The van der Waals surface area contributed by atoms with Gasteiger partial charge in [0.05, 0.1) is 0 Å². The van der Waals surface area contributed by atoms with Crippen LogP contribution in [0.1, 0.15) is 25.7 Å². The van der Waals surface area contributed by atoms with Crippen LogP contribution >= 0.6 is 11.8 Å². The molecule has 1 saturated heterocycles. The molecular weight excluding hydrogens is 162 g/mol. The van der Waals surface area contributed by atoms with Crippen LogP contribution in [0.4, 0.5) is 0 Å². The lowest BCUT2D eigenvalue weighted by atomic mass is 9.93. The summed E-state index contributed by atoms with van der Waals surface area (Å²) in [7, 11) is 0. The quantitative estimate of drug-likeness (QED) is 0.663. The Morgan fingerprint density at radius 1 is 1.36 bits per heavy atom. The van der Waals surface area contributed by atoms with E-state index in [4.69, 9.17) is 16.9 Å². The van der Waals surface area contributed by atoms with E-state index in [9.17, 15) is 0 Å². The molecule has 0 amide bonds. The SMILES string of the molecule is OCCCC1CCN(Cl)CC1. The van der Waals surface area contributed by atoms with Gasteiger partial charge in [-0.2, -0.15) is 0 Å². The van der Waals surface area contributed by atoms with Crippen molar-refractivity contribution in [3.8, 4) is 0 Å². The number of nitrogens with zero attached hydrogens (tertiary/aromatic N) is 1. The number of aliphatic hydroxyl groups excluding tert-OH is 1. The van der Waals surface area contributed by atoms with Crippen LogP contribution in [-0.4, -0.2) is 29.2 Å². The minimum absolute atomic E-state index is 0.334. The summed E-state index contributed by atoms with van der Waals surface area (Å²) in [4.78, 5) is 0. The Morgan fingerprint density at radius 2 is 2.00 bits per heavy atom. The molecule has 2 nitrogen and oxygen atoms in total. The van der Waals surface area contributed by atoms with Gasteiger partial charge in [0.25, 0.3) is 0 Å². The first-order valence-electron chi connectivity index (χ1n) is 4.34. The van der Waals surface area contributed by atoms with Crippen molar-refractivity contribution in [1.29, 1.82) is 0 Å². The molecule has 0 spiro atoms. The molecule has 1 N–H and O–H groups in total. The first-order valence-corrected chi connectivity index (χ1v) is 4.68. The molecule has 0 radical (unpaired) electrons. The van der Waals surface area contributed by atoms with E-state index in [-0.39, 0.29) is 0 Å². The third-order valence-corrected chi connectivity index (χ3v) is 2.67. The van der Waals surface area contributed by atoms with Crippen molar-refractivity contribution in [3.05, 3.63) is 0 Å². The highest BCUT2D eigenvalue weighted by atomic mass is 35.5. The zero-order chi connectivity index (χ0) is 8.10. The normalized spacial score (nSPS) is 22.4. The van der Waals surface area contributed by atoms with Gasteiger partial charge in [-0.25, -0.2) is 4.42 Å². The van der Waals surface area contributed by atoms with E-state index in [1.165, 1.54) is 19.3 Å². The molecule has 1 rings (SSSR count).